The van der Waals surface area contributed by atoms with Crippen molar-refractivity contribution >= 4 is 123 Å². The second kappa shape index (κ2) is 20.8. The molecule has 2 aromatic heterocycles. The van der Waals surface area contributed by atoms with Crippen LogP contribution >= 0.6 is 11.3 Å². The molecule has 28 nitrogen and oxygen atoms in total. The molecule has 0 radical (unpaired) electrons. The molecule has 73 heavy (non-hydrogen) atoms. The van der Waals surface area contributed by atoms with Gasteiger partial charge in [-0.05, 0) is 79.1 Å². The molecule has 34 heteroatoms. The van der Waals surface area contributed by atoms with Gasteiger partial charge in [0.2, 0.25) is 5.13 Å². The number of H-pyrrole nitrogens is 1. The third kappa shape index (κ3) is 12.4. The standard InChI is InChI=1S/C39H33N9O19S6/c1-19-14-28(30(67-12-3-13-70(54,55)56)17-27(19)43-46-39-40-24-8-4-20(18-69(52)53)15-31(24)68-39)44-41-25-9-7-23-22(35(25)49)6-10-26(36(23)73(63,64)65)42-45-33-34(38(51)66-2)47-48(37(33)50)29-11-5-21(71(57,58)59)16-32(29)72(60,61)62/h4-11,14-17,47,49H,3,12-13,18H2,1-2H3,(H,52,53)(H,54,55,56)(H,57,58,59)(H,60,61,62)(H,63,64,65). The van der Waals surface area contributed by atoms with Crippen LogP contribution in [0.1, 0.15) is 28.0 Å². The number of benzene rings is 5. The summed E-state index contributed by atoms with van der Waals surface area (Å²) in [6.45, 7) is 1.37. The first-order valence-electron chi connectivity index (χ1n) is 19.9. The molecule has 1 atom stereocenters. The number of hydrogen-bond acceptors (Lipinski definition) is 22. The maximum atomic E-state index is 13.7. The number of aryl methyl sites for hydroxylation is 1. The van der Waals surface area contributed by atoms with E-state index in [0.717, 1.165) is 42.7 Å². The first-order chi connectivity index (χ1) is 34.1. The predicted molar refractivity (Wildman–Crippen MR) is 257 cm³/mol. The number of hydrogen-bond donors (Lipinski definition) is 7. The third-order valence-electron chi connectivity index (χ3n) is 9.92. The van der Waals surface area contributed by atoms with Crippen LogP contribution in [0, 0.1) is 6.92 Å². The molecule has 0 fully saturated rings. The van der Waals surface area contributed by atoms with Gasteiger partial charge in [0.1, 0.15) is 32.6 Å². The molecule has 0 spiro atoms. The Kier molecular flexibility index (Phi) is 15.3. The van der Waals surface area contributed by atoms with Crippen molar-refractivity contribution in [1.82, 2.24) is 14.8 Å². The average molecular weight is 1120 g/mol. The third-order valence-corrected chi connectivity index (χ3v) is 14.9. The van der Waals surface area contributed by atoms with Crippen LogP contribution in [-0.4, -0.2) is 106 Å². The number of aromatic amines is 1. The number of carbonyl (C=O) groups excluding carboxylic acids is 1. The Balaban J connectivity index is 1.25. The fourth-order valence-electron chi connectivity index (χ4n) is 6.68. The van der Waals surface area contributed by atoms with Gasteiger partial charge in [0.05, 0.1) is 51.7 Å². The summed E-state index contributed by atoms with van der Waals surface area (Å²) in [4.78, 5) is 27.6. The van der Waals surface area contributed by atoms with Gasteiger partial charge in [-0.2, -0.15) is 33.7 Å². The van der Waals surface area contributed by atoms with Crippen molar-refractivity contribution in [3.8, 4) is 17.2 Å². The van der Waals surface area contributed by atoms with Gasteiger partial charge in [-0.15, -0.1) is 30.7 Å². The van der Waals surface area contributed by atoms with Crippen LogP contribution in [0.15, 0.2) is 123 Å². The van der Waals surface area contributed by atoms with E-state index in [0.29, 0.717) is 44.2 Å². The Morgan fingerprint density at radius 2 is 1.45 bits per heavy atom. The maximum Gasteiger partial charge on any atom is 0.358 e. The lowest BCUT2D eigenvalue weighted by molar-refractivity contribution is 0.0594. The molecule has 0 aliphatic rings. The zero-order valence-corrected chi connectivity index (χ0v) is 41.7. The van der Waals surface area contributed by atoms with Gasteiger partial charge in [-0.25, -0.2) is 18.7 Å². The Morgan fingerprint density at radius 3 is 2.11 bits per heavy atom. The number of esters is 1. The Labute approximate surface area is 417 Å². The Morgan fingerprint density at radius 1 is 0.781 bits per heavy atom. The zero-order chi connectivity index (χ0) is 53.4. The number of phenolic OH excluding ortho intramolecular Hbond substituents is 1. The SMILES string of the molecule is COC(=O)c1[nH]n(-c2ccc(S(=O)(=O)O)cc2S(=O)(=O)O)c(=O)c1N=Nc1ccc2c(O)c(N=Nc3cc(C)c(N=Nc4nc5ccc(CS(=O)O)cc5s4)cc3OCCCS(=O)(=O)O)ccc2c1S(=O)(=O)O. The fourth-order valence-corrected chi connectivity index (χ4v) is 10.6. The minimum atomic E-state index is -5.36. The van der Waals surface area contributed by atoms with Crippen LogP contribution in [0.2, 0.25) is 0 Å². The molecule has 7 rings (SSSR count). The van der Waals surface area contributed by atoms with Crippen molar-refractivity contribution in [3.63, 3.8) is 0 Å². The topological polar surface area (TPSA) is 435 Å². The lowest BCUT2D eigenvalue weighted by atomic mass is 10.1. The molecular weight excluding hydrogens is 1090 g/mol. The van der Waals surface area contributed by atoms with E-state index in [1.807, 2.05) is 0 Å². The number of ether oxygens (including phenoxy) is 2. The van der Waals surface area contributed by atoms with Gasteiger partial charge in [-0.1, -0.05) is 23.5 Å². The minimum absolute atomic E-state index is 0.00504. The number of aromatic hydroxyl groups is 1. The fraction of sp³-hybridized carbons (Fsp3) is 0.154. The number of aromatic nitrogens is 3. The largest absolute Gasteiger partial charge is 0.505 e. The Hall–Kier alpha value is -7.12. The summed E-state index contributed by atoms with van der Waals surface area (Å²) in [5, 5.41) is 37.4. The highest BCUT2D eigenvalue weighted by Gasteiger charge is 2.28. The summed E-state index contributed by atoms with van der Waals surface area (Å²) in [5.41, 5.74) is -3.12. The highest BCUT2D eigenvalue weighted by Crippen LogP contribution is 2.43. The summed E-state index contributed by atoms with van der Waals surface area (Å²) in [7, 11) is -19.2. The van der Waals surface area contributed by atoms with Crippen LogP contribution in [0.5, 0.6) is 11.5 Å². The molecule has 0 aliphatic carbocycles. The number of nitrogens with zero attached hydrogens (tertiary/aromatic N) is 8. The monoisotopic (exact) mass is 1120 g/mol. The van der Waals surface area contributed by atoms with Crippen molar-refractivity contribution in [2.45, 2.75) is 33.8 Å². The molecule has 1 unspecified atom stereocenters. The molecule has 0 amide bonds. The van der Waals surface area contributed by atoms with Crippen molar-refractivity contribution < 1.29 is 80.0 Å². The Bertz CT molecular complexity index is 4060. The molecule has 384 valence electrons. The quantitative estimate of drug-likeness (QED) is 0.0148. The molecule has 0 saturated carbocycles. The minimum Gasteiger partial charge on any atom is -0.505 e. The van der Waals surface area contributed by atoms with E-state index in [-0.39, 0.29) is 52.1 Å². The van der Waals surface area contributed by atoms with E-state index in [1.165, 1.54) is 12.1 Å². The molecule has 2 heterocycles. The number of phenols is 1. The van der Waals surface area contributed by atoms with Crippen molar-refractivity contribution in [2.75, 3.05) is 19.5 Å². The van der Waals surface area contributed by atoms with Crippen LogP contribution < -0.4 is 10.3 Å². The van der Waals surface area contributed by atoms with E-state index < -0.39 is 117 Å². The van der Waals surface area contributed by atoms with Crippen LogP contribution in [-0.2, 0) is 62.0 Å². The number of rotatable bonds is 18. The molecule has 7 aromatic rings. The number of thiazole rings is 1. The molecule has 7 N–H and O–H groups in total. The van der Waals surface area contributed by atoms with Crippen molar-refractivity contribution in [1.29, 1.82) is 0 Å². The zero-order valence-electron chi connectivity index (χ0n) is 36.8. The number of azo groups is 3. The first-order valence-corrected chi connectivity index (χ1v) is 27.9. The van der Waals surface area contributed by atoms with E-state index in [1.54, 1.807) is 25.1 Å². The van der Waals surface area contributed by atoms with E-state index in [4.69, 9.17) is 4.74 Å². The van der Waals surface area contributed by atoms with E-state index in [9.17, 15) is 75.3 Å². The number of methoxy groups -OCH3 is 1. The van der Waals surface area contributed by atoms with Crippen LogP contribution in [0.3, 0.4) is 0 Å². The van der Waals surface area contributed by atoms with Gasteiger partial charge in [0, 0.05) is 16.8 Å². The molecule has 0 aliphatic heterocycles. The summed E-state index contributed by atoms with van der Waals surface area (Å²) >= 11 is -0.898. The normalized spacial score (nSPS) is 13.2. The van der Waals surface area contributed by atoms with Gasteiger partial charge in [-0.3, -0.25) is 28.1 Å². The average Bonchev–Trinajstić information content (AvgIpc) is 3.86. The van der Waals surface area contributed by atoms with Gasteiger partial charge in [0.25, 0.3) is 46.0 Å². The number of carbonyl (C=O) groups is 1. The predicted octanol–water partition coefficient (Wildman–Crippen LogP) is 7.09. The maximum absolute atomic E-state index is 13.7. The van der Waals surface area contributed by atoms with E-state index >= 15 is 0 Å². The van der Waals surface area contributed by atoms with Crippen molar-refractivity contribution in [2.24, 2.45) is 30.7 Å². The number of nitrogens with one attached hydrogen (secondary N) is 1. The molecular formula is C39H33N9O19S6. The molecule has 5 aromatic carbocycles. The lowest BCUT2D eigenvalue weighted by Gasteiger charge is -2.11. The summed E-state index contributed by atoms with van der Waals surface area (Å²) in [6, 6.07) is 13.7. The van der Waals surface area contributed by atoms with Crippen LogP contribution in [0.25, 0.3) is 26.7 Å². The number of fused-ring (bicyclic) bond motifs is 2. The van der Waals surface area contributed by atoms with Gasteiger partial charge >= 0.3 is 5.97 Å². The molecule has 0 saturated heterocycles. The first kappa shape index (κ1) is 53.7. The van der Waals surface area contributed by atoms with Gasteiger partial charge in [0.15, 0.2) is 28.2 Å². The summed E-state index contributed by atoms with van der Waals surface area (Å²) < 4.78 is 167. The highest BCUT2D eigenvalue weighted by atomic mass is 32.2. The van der Waals surface area contributed by atoms with Gasteiger partial charge < -0.3 is 19.1 Å². The molecule has 0 bridgehead atoms. The summed E-state index contributed by atoms with van der Waals surface area (Å²) in [6.07, 6.45) is -0.162. The second-order valence-corrected chi connectivity index (χ2v) is 22.6. The van der Waals surface area contributed by atoms with E-state index in [2.05, 4.69) is 45.5 Å². The van der Waals surface area contributed by atoms with Crippen LogP contribution in [0.4, 0.5) is 33.6 Å². The van der Waals surface area contributed by atoms with Crippen molar-refractivity contribution in [3.05, 3.63) is 100.0 Å². The smallest absolute Gasteiger partial charge is 0.358 e. The second-order valence-electron chi connectivity index (χ2n) is 14.9. The highest BCUT2D eigenvalue weighted by molar-refractivity contribution is 7.87. The lowest BCUT2D eigenvalue weighted by Crippen LogP contribution is -2.18. The summed E-state index contributed by atoms with van der Waals surface area (Å²) in [5.74, 6) is -2.77.